The molecule has 0 aromatic rings. The molecule has 0 heterocycles. The Balaban J connectivity index is 3.70. The number of rotatable bonds is 5. The van der Waals surface area contributed by atoms with Gasteiger partial charge in [-0.15, -0.1) is 0 Å². The number of nitrogens with two attached hydrogens (primary N) is 1. The second-order valence-electron chi connectivity index (χ2n) is 2.03. The predicted molar refractivity (Wildman–Crippen MR) is 38.3 cm³/mol. The van der Waals surface area contributed by atoms with Crippen LogP contribution in [0.15, 0.2) is 0 Å². The average molecular weight is 157 g/mol. The molecule has 0 unspecified atom stereocenters. The molecule has 0 radical (unpaired) electrons. The van der Waals surface area contributed by atoms with Gasteiger partial charge in [-0.25, -0.2) is 0 Å². The van der Waals surface area contributed by atoms with Crippen molar-refractivity contribution >= 4 is 5.91 Å². The van der Waals surface area contributed by atoms with Gasteiger partial charge in [-0.05, 0) is 0 Å². The minimum atomic E-state index is -0.461. The molecule has 1 amide bonds. The molecule has 0 aromatic carbocycles. The molecule has 0 aliphatic heterocycles. The summed E-state index contributed by atoms with van der Waals surface area (Å²) >= 11 is 0. The Morgan fingerprint density at radius 1 is 1.82 bits per heavy atom. The third-order valence-corrected chi connectivity index (χ3v) is 0.985. The van der Waals surface area contributed by atoms with E-state index < -0.39 is 5.91 Å². The number of ether oxygens (including phenoxy) is 1. The molecule has 5 nitrogen and oxygen atoms in total. The third kappa shape index (κ3) is 5.33. The zero-order valence-electron chi connectivity index (χ0n) is 6.41. The maximum absolute atomic E-state index is 10.4. The van der Waals surface area contributed by atoms with E-state index in [9.17, 15) is 4.79 Å². The van der Waals surface area contributed by atoms with Gasteiger partial charge in [0.1, 0.15) is 0 Å². The van der Waals surface area contributed by atoms with Crippen molar-refractivity contribution in [2.45, 2.75) is 0 Å². The molecule has 62 valence electrons. The van der Waals surface area contributed by atoms with Gasteiger partial charge in [0.15, 0.2) is 0 Å². The molecule has 0 fully saturated rings. The molecule has 0 saturated heterocycles. The van der Waals surface area contributed by atoms with Crippen molar-refractivity contribution in [3.8, 4) is 6.07 Å². The fourth-order valence-electron chi connectivity index (χ4n) is 0.650. The van der Waals surface area contributed by atoms with Gasteiger partial charge in [-0.1, -0.05) is 0 Å². The summed E-state index contributed by atoms with van der Waals surface area (Å²) in [5, 5.41) is 8.28. The fraction of sp³-hybridized carbons (Fsp3) is 0.667. The minimum absolute atomic E-state index is 0.0569. The van der Waals surface area contributed by atoms with Crippen LogP contribution >= 0.6 is 0 Å². The maximum Gasteiger partial charge on any atom is 0.231 e. The van der Waals surface area contributed by atoms with Crippen LogP contribution in [-0.4, -0.2) is 37.7 Å². The number of carbonyl (C=O) groups excluding carboxylic acids is 1. The van der Waals surface area contributed by atoms with E-state index in [4.69, 9.17) is 15.7 Å². The van der Waals surface area contributed by atoms with Crippen LogP contribution in [0.4, 0.5) is 0 Å². The molecular weight excluding hydrogens is 146 g/mol. The summed E-state index contributed by atoms with van der Waals surface area (Å²) in [7, 11) is 1.49. The van der Waals surface area contributed by atoms with Crippen LogP contribution in [0.1, 0.15) is 0 Å². The lowest BCUT2D eigenvalue weighted by Gasteiger charge is -2.14. The summed E-state index contributed by atoms with van der Waals surface area (Å²) in [5.41, 5.74) is 4.91. The van der Waals surface area contributed by atoms with Crippen molar-refractivity contribution in [2.24, 2.45) is 5.73 Å². The van der Waals surface area contributed by atoms with Crippen molar-refractivity contribution in [2.75, 3.05) is 26.9 Å². The Hall–Kier alpha value is -1.12. The first kappa shape index (κ1) is 9.88. The van der Waals surface area contributed by atoms with Crippen molar-refractivity contribution in [3.05, 3.63) is 0 Å². The monoisotopic (exact) mass is 157 g/mol. The van der Waals surface area contributed by atoms with Crippen LogP contribution < -0.4 is 5.73 Å². The van der Waals surface area contributed by atoms with Gasteiger partial charge in [-0.3, -0.25) is 9.69 Å². The average Bonchev–Trinajstić information content (AvgIpc) is 1.87. The Morgan fingerprint density at radius 3 is 2.82 bits per heavy atom. The molecule has 0 saturated carbocycles. The van der Waals surface area contributed by atoms with E-state index >= 15 is 0 Å². The highest BCUT2D eigenvalue weighted by atomic mass is 16.5. The molecule has 0 spiro atoms. The van der Waals surface area contributed by atoms with Gasteiger partial charge in [0.05, 0.1) is 25.9 Å². The first-order valence-electron chi connectivity index (χ1n) is 3.07. The van der Waals surface area contributed by atoms with Gasteiger partial charge >= 0.3 is 0 Å². The fourth-order valence-corrected chi connectivity index (χ4v) is 0.650. The number of methoxy groups -OCH3 is 1. The highest BCUT2D eigenvalue weighted by Crippen LogP contribution is 1.85. The van der Waals surface area contributed by atoms with Crippen molar-refractivity contribution in [1.29, 1.82) is 5.26 Å². The van der Waals surface area contributed by atoms with Crippen molar-refractivity contribution < 1.29 is 9.53 Å². The van der Waals surface area contributed by atoms with E-state index in [0.29, 0.717) is 0 Å². The summed E-state index contributed by atoms with van der Waals surface area (Å²) in [6.07, 6.45) is 0. The number of nitriles is 1. The van der Waals surface area contributed by atoms with Crippen molar-refractivity contribution in [3.63, 3.8) is 0 Å². The van der Waals surface area contributed by atoms with E-state index in [1.807, 2.05) is 6.07 Å². The summed E-state index contributed by atoms with van der Waals surface area (Å²) in [6, 6.07) is 1.90. The first-order chi connectivity index (χ1) is 5.20. The van der Waals surface area contributed by atoms with Gasteiger partial charge < -0.3 is 10.5 Å². The highest BCUT2D eigenvalue weighted by Gasteiger charge is 2.05. The summed E-state index contributed by atoms with van der Waals surface area (Å²) in [5.74, 6) is -0.461. The second-order valence-corrected chi connectivity index (χ2v) is 2.03. The Labute approximate surface area is 65.3 Å². The Morgan fingerprint density at radius 2 is 2.45 bits per heavy atom. The number of carbonyl (C=O) groups is 1. The lowest BCUT2D eigenvalue weighted by molar-refractivity contribution is -0.120. The SMILES string of the molecule is COCN(CC#N)CC(N)=O. The quantitative estimate of drug-likeness (QED) is 0.406. The Kier molecular flexibility index (Phi) is 5.07. The van der Waals surface area contributed by atoms with Gasteiger partial charge in [-0.2, -0.15) is 5.26 Å². The van der Waals surface area contributed by atoms with E-state index in [0.717, 1.165) is 0 Å². The molecule has 0 atom stereocenters. The molecule has 2 N–H and O–H groups in total. The molecular formula is C6H11N3O2. The Bertz CT molecular complexity index is 164. The normalized spacial score (nSPS) is 9.55. The molecule has 11 heavy (non-hydrogen) atoms. The lowest BCUT2D eigenvalue weighted by Crippen LogP contribution is -2.35. The van der Waals surface area contributed by atoms with Crippen LogP contribution in [0, 0.1) is 11.3 Å². The zero-order valence-corrected chi connectivity index (χ0v) is 6.41. The predicted octanol–water partition coefficient (Wildman–Crippen LogP) is -1.10. The largest absolute Gasteiger partial charge is 0.369 e. The van der Waals surface area contributed by atoms with Crippen LogP contribution in [0.25, 0.3) is 0 Å². The molecule has 0 aromatic heterocycles. The van der Waals surface area contributed by atoms with Crippen LogP contribution in [0.5, 0.6) is 0 Å². The first-order valence-corrected chi connectivity index (χ1v) is 3.07. The molecule has 5 heteroatoms. The van der Waals surface area contributed by atoms with Crippen LogP contribution in [-0.2, 0) is 9.53 Å². The van der Waals surface area contributed by atoms with E-state index in [-0.39, 0.29) is 19.8 Å². The molecule has 0 bridgehead atoms. The van der Waals surface area contributed by atoms with Crippen LogP contribution in [0.3, 0.4) is 0 Å². The number of hydrogen-bond donors (Lipinski definition) is 1. The van der Waals surface area contributed by atoms with Gasteiger partial charge in [0, 0.05) is 7.11 Å². The molecule has 0 rings (SSSR count). The third-order valence-electron chi connectivity index (χ3n) is 0.985. The summed E-state index contributed by atoms with van der Waals surface area (Å²) in [6.45, 7) is 0.453. The zero-order chi connectivity index (χ0) is 8.69. The topological polar surface area (TPSA) is 79.3 Å². The van der Waals surface area contributed by atoms with Gasteiger partial charge in [0.2, 0.25) is 5.91 Å². The number of hydrogen-bond acceptors (Lipinski definition) is 4. The van der Waals surface area contributed by atoms with E-state index in [2.05, 4.69) is 0 Å². The molecule has 0 aliphatic rings. The van der Waals surface area contributed by atoms with Crippen LogP contribution in [0.2, 0.25) is 0 Å². The van der Waals surface area contributed by atoms with E-state index in [1.54, 1.807) is 0 Å². The van der Waals surface area contributed by atoms with Gasteiger partial charge in [0.25, 0.3) is 0 Å². The lowest BCUT2D eigenvalue weighted by atomic mass is 10.5. The number of primary amides is 1. The summed E-state index contributed by atoms with van der Waals surface area (Å²) < 4.78 is 4.72. The highest BCUT2D eigenvalue weighted by molar-refractivity contribution is 5.75. The number of amides is 1. The summed E-state index contributed by atoms with van der Waals surface area (Å²) in [4.78, 5) is 11.9. The number of nitrogens with zero attached hydrogens (tertiary/aromatic N) is 2. The minimum Gasteiger partial charge on any atom is -0.369 e. The molecule has 0 aliphatic carbocycles. The van der Waals surface area contributed by atoms with E-state index in [1.165, 1.54) is 12.0 Å². The standard InChI is InChI=1S/C6H11N3O2/c1-11-5-9(3-2-7)4-6(8)10/h3-5H2,1H3,(H2,8,10). The van der Waals surface area contributed by atoms with Crippen molar-refractivity contribution in [1.82, 2.24) is 4.90 Å². The smallest absolute Gasteiger partial charge is 0.231 e. The second kappa shape index (κ2) is 5.65. The maximum atomic E-state index is 10.4.